The Balaban J connectivity index is 3.08. The van der Waals surface area contributed by atoms with Gasteiger partial charge in [-0.15, -0.1) is 0 Å². The Labute approximate surface area is 108 Å². The van der Waals surface area contributed by atoms with Crippen molar-refractivity contribution in [3.05, 3.63) is 34.6 Å². The number of nitrogens with two attached hydrogens (primary N) is 1. The van der Waals surface area contributed by atoms with Gasteiger partial charge in [0.2, 0.25) is 10.0 Å². The molecule has 1 rings (SSSR count). The van der Waals surface area contributed by atoms with Gasteiger partial charge in [0.15, 0.2) is 0 Å². The van der Waals surface area contributed by atoms with Crippen LogP contribution in [-0.2, 0) is 10.0 Å². The number of halogens is 3. The van der Waals surface area contributed by atoms with Crippen LogP contribution in [0.4, 0.5) is 4.39 Å². The summed E-state index contributed by atoms with van der Waals surface area (Å²) >= 11 is 10.9. The van der Waals surface area contributed by atoms with Crippen molar-refractivity contribution < 1.29 is 17.5 Å². The van der Waals surface area contributed by atoms with Gasteiger partial charge in [0.1, 0.15) is 23.1 Å². The fraction of sp³-hybridized carbons (Fsp3) is 0.111. The largest absolute Gasteiger partial charge is 0.487 e. The monoisotopic (exact) mass is 299 g/mol. The molecule has 0 atom stereocenters. The Morgan fingerprint density at radius 3 is 2.71 bits per heavy atom. The van der Waals surface area contributed by atoms with Crippen LogP contribution in [0.5, 0.6) is 5.75 Å². The van der Waals surface area contributed by atoms with Gasteiger partial charge < -0.3 is 4.74 Å². The molecule has 0 aromatic heterocycles. The lowest BCUT2D eigenvalue weighted by Crippen LogP contribution is -2.14. The predicted molar refractivity (Wildman–Crippen MR) is 63.1 cm³/mol. The number of primary sulfonamides is 1. The van der Waals surface area contributed by atoms with Gasteiger partial charge in [-0.25, -0.2) is 17.9 Å². The summed E-state index contributed by atoms with van der Waals surface area (Å²) in [6.07, 6.45) is 0. The second-order valence-corrected chi connectivity index (χ2v) is 5.21. The molecular formula is C9H8Cl2FNO3S. The van der Waals surface area contributed by atoms with Crippen molar-refractivity contribution in [2.24, 2.45) is 5.14 Å². The second-order valence-electron chi connectivity index (χ2n) is 2.98. The highest BCUT2D eigenvalue weighted by atomic mass is 35.5. The third kappa shape index (κ3) is 4.16. The van der Waals surface area contributed by atoms with Gasteiger partial charge in [-0.2, -0.15) is 0 Å². The Kier molecular flexibility index (Phi) is 4.76. The molecule has 0 aliphatic heterocycles. The summed E-state index contributed by atoms with van der Waals surface area (Å²) in [6, 6.07) is 2.96. The number of benzene rings is 1. The number of hydrogen-bond acceptors (Lipinski definition) is 3. The van der Waals surface area contributed by atoms with Gasteiger partial charge in [-0.1, -0.05) is 23.2 Å². The molecule has 0 spiro atoms. The SMILES string of the molecule is NS(=O)(=O)c1cc(F)ccc1OC/C(Cl)=C/Cl. The van der Waals surface area contributed by atoms with E-state index in [0.29, 0.717) is 0 Å². The Bertz CT molecular complexity index is 545. The molecule has 0 radical (unpaired) electrons. The number of ether oxygens (including phenoxy) is 1. The van der Waals surface area contributed by atoms with Crippen molar-refractivity contribution in [2.45, 2.75) is 4.90 Å². The third-order valence-corrected chi connectivity index (χ3v) is 3.22. The van der Waals surface area contributed by atoms with Crippen LogP contribution < -0.4 is 9.88 Å². The highest BCUT2D eigenvalue weighted by molar-refractivity contribution is 7.89. The van der Waals surface area contributed by atoms with Crippen LogP contribution in [0.25, 0.3) is 0 Å². The Morgan fingerprint density at radius 2 is 2.18 bits per heavy atom. The van der Waals surface area contributed by atoms with E-state index in [-0.39, 0.29) is 17.4 Å². The van der Waals surface area contributed by atoms with Crippen LogP contribution in [0.15, 0.2) is 33.7 Å². The zero-order valence-electron chi connectivity index (χ0n) is 8.36. The van der Waals surface area contributed by atoms with Crippen LogP contribution in [0.2, 0.25) is 0 Å². The summed E-state index contributed by atoms with van der Waals surface area (Å²) < 4.78 is 40.3. The van der Waals surface area contributed by atoms with Crippen molar-refractivity contribution in [3.63, 3.8) is 0 Å². The maximum Gasteiger partial charge on any atom is 0.241 e. The first-order chi connectivity index (χ1) is 7.84. The quantitative estimate of drug-likeness (QED) is 0.926. The minimum absolute atomic E-state index is 0.0921. The molecule has 0 aliphatic rings. The smallest absolute Gasteiger partial charge is 0.241 e. The van der Waals surface area contributed by atoms with Gasteiger partial charge in [-0.05, 0) is 18.2 Å². The maximum atomic E-state index is 12.9. The van der Waals surface area contributed by atoms with E-state index in [1.165, 1.54) is 0 Å². The molecule has 8 heteroatoms. The van der Waals surface area contributed by atoms with E-state index in [1.54, 1.807) is 0 Å². The Morgan fingerprint density at radius 1 is 1.53 bits per heavy atom. The standard InChI is InChI=1S/C9H8Cl2FNO3S/c10-4-6(11)5-16-8-2-1-7(12)3-9(8)17(13,14)15/h1-4H,5H2,(H2,13,14,15)/b6-4-. The molecule has 1 aromatic carbocycles. The lowest BCUT2D eigenvalue weighted by atomic mass is 10.3. The van der Waals surface area contributed by atoms with Gasteiger partial charge in [0.25, 0.3) is 0 Å². The summed E-state index contributed by atoms with van der Waals surface area (Å²) in [5, 5.41) is 5.08. The summed E-state index contributed by atoms with van der Waals surface area (Å²) in [5.74, 6) is -0.828. The molecule has 94 valence electrons. The number of rotatable bonds is 4. The fourth-order valence-electron chi connectivity index (χ4n) is 1.00. The highest BCUT2D eigenvalue weighted by Crippen LogP contribution is 2.24. The lowest BCUT2D eigenvalue weighted by Gasteiger charge is -2.09. The topological polar surface area (TPSA) is 69.4 Å². The van der Waals surface area contributed by atoms with E-state index in [4.69, 9.17) is 33.1 Å². The van der Waals surface area contributed by atoms with Crippen molar-refractivity contribution >= 4 is 33.2 Å². The summed E-state index contributed by atoms with van der Waals surface area (Å²) in [6.45, 7) is -0.140. The third-order valence-electron chi connectivity index (χ3n) is 1.70. The normalized spacial score (nSPS) is 12.6. The first-order valence-corrected chi connectivity index (χ1v) is 6.60. The van der Waals surface area contributed by atoms with E-state index < -0.39 is 20.7 Å². The zero-order valence-corrected chi connectivity index (χ0v) is 10.7. The highest BCUT2D eigenvalue weighted by Gasteiger charge is 2.16. The van der Waals surface area contributed by atoms with Crippen molar-refractivity contribution in [3.8, 4) is 5.75 Å². The maximum absolute atomic E-state index is 12.9. The van der Waals surface area contributed by atoms with Gasteiger partial charge in [0.05, 0.1) is 5.03 Å². The fourth-order valence-corrected chi connectivity index (χ4v) is 1.80. The van der Waals surface area contributed by atoms with E-state index in [9.17, 15) is 12.8 Å². The molecule has 0 amide bonds. The molecule has 0 heterocycles. The number of sulfonamides is 1. The molecule has 2 N–H and O–H groups in total. The molecule has 0 aliphatic carbocycles. The van der Waals surface area contributed by atoms with E-state index in [0.717, 1.165) is 23.7 Å². The van der Waals surface area contributed by atoms with E-state index in [2.05, 4.69) is 0 Å². The minimum atomic E-state index is -4.07. The molecule has 0 bridgehead atoms. The predicted octanol–water partition coefficient (Wildman–Crippen LogP) is 2.17. The van der Waals surface area contributed by atoms with Crippen LogP contribution in [0, 0.1) is 5.82 Å². The molecule has 0 saturated heterocycles. The molecule has 4 nitrogen and oxygen atoms in total. The summed E-state index contributed by atoms with van der Waals surface area (Å²) in [5.41, 5.74) is 1.07. The van der Waals surface area contributed by atoms with E-state index in [1.807, 2.05) is 0 Å². The molecule has 0 saturated carbocycles. The van der Waals surface area contributed by atoms with Crippen LogP contribution in [0.1, 0.15) is 0 Å². The lowest BCUT2D eigenvalue weighted by molar-refractivity contribution is 0.348. The van der Waals surface area contributed by atoms with E-state index >= 15 is 0 Å². The number of hydrogen-bond donors (Lipinski definition) is 1. The van der Waals surface area contributed by atoms with Crippen LogP contribution >= 0.6 is 23.2 Å². The van der Waals surface area contributed by atoms with Gasteiger partial charge >= 0.3 is 0 Å². The minimum Gasteiger partial charge on any atom is -0.487 e. The van der Waals surface area contributed by atoms with Crippen molar-refractivity contribution in [1.82, 2.24) is 0 Å². The molecule has 0 fully saturated rings. The van der Waals surface area contributed by atoms with Crippen molar-refractivity contribution in [1.29, 1.82) is 0 Å². The second kappa shape index (κ2) is 5.68. The van der Waals surface area contributed by atoms with Crippen LogP contribution in [0.3, 0.4) is 0 Å². The molecular weight excluding hydrogens is 292 g/mol. The summed E-state index contributed by atoms with van der Waals surface area (Å²) in [7, 11) is -4.07. The first-order valence-electron chi connectivity index (χ1n) is 4.24. The average molecular weight is 300 g/mol. The zero-order chi connectivity index (χ0) is 13.1. The van der Waals surface area contributed by atoms with Gasteiger partial charge in [-0.3, -0.25) is 0 Å². The first kappa shape index (κ1) is 14.2. The average Bonchev–Trinajstić information content (AvgIpc) is 2.25. The van der Waals surface area contributed by atoms with Crippen molar-refractivity contribution in [2.75, 3.05) is 6.61 Å². The van der Waals surface area contributed by atoms with Gasteiger partial charge in [0, 0.05) is 5.54 Å². The summed E-state index contributed by atoms with van der Waals surface area (Å²) in [4.78, 5) is -0.448. The Hall–Kier alpha value is -0.820. The molecule has 1 aromatic rings. The molecule has 0 unspecified atom stereocenters. The molecule has 17 heavy (non-hydrogen) atoms. The van der Waals surface area contributed by atoms with Crippen LogP contribution in [-0.4, -0.2) is 15.0 Å².